The van der Waals surface area contributed by atoms with Gasteiger partial charge in [0, 0.05) is 24.8 Å². The van der Waals surface area contributed by atoms with Crippen LogP contribution >= 0.6 is 0 Å². The molecule has 0 saturated heterocycles. The second-order valence-electron chi connectivity index (χ2n) is 4.90. The van der Waals surface area contributed by atoms with E-state index >= 15 is 0 Å². The first kappa shape index (κ1) is 15.3. The molecule has 21 heavy (non-hydrogen) atoms. The molecule has 2 aromatic carbocycles. The number of halogens is 1. The lowest BCUT2D eigenvalue weighted by Gasteiger charge is -2.27. The van der Waals surface area contributed by atoms with Gasteiger partial charge in [0.1, 0.15) is 11.6 Å². The van der Waals surface area contributed by atoms with E-state index in [1.54, 1.807) is 19.2 Å². The van der Waals surface area contributed by atoms with Crippen LogP contribution in [-0.2, 0) is 0 Å². The van der Waals surface area contributed by atoms with Crippen LogP contribution in [0.1, 0.15) is 18.5 Å². The van der Waals surface area contributed by atoms with Gasteiger partial charge in [-0.15, -0.1) is 0 Å². The molecular weight excluding hydrogens is 267 g/mol. The monoisotopic (exact) mass is 288 g/mol. The van der Waals surface area contributed by atoms with E-state index in [-0.39, 0.29) is 11.9 Å². The van der Waals surface area contributed by atoms with Crippen molar-refractivity contribution in [1.29, 1.82) is 0 Å². The Morgan fingerprint density at radius 1 is 1.19 bits per heavy atom. The Morgan fingerprint density at radius 2 is 1.90 bits per heavy atom. The van der Waals surface area contributed by atoms with Gasteiger partial charge in [0.25, 0.3) is 0 Å². The number of rotatable bonds is 6. The summed E-state index contributed by atoms with van der Waals surface area (Å²) in [5, 5.41) is 0. The lowest BCUT2D eigenvalue weighted by atomic mass is 10.1. The van der Waals surface area contributed by atoms with Crippen LogP contribution in [0.5, 0.6) is 5.75 Å². The fraction of sp³-hybridized carbons (Fsp3) is 0.294. The van der Waals surface area contributed by atoms with Gasteiger partial charge in [0.05, 0.1) is 7.11 Å². The Bertz CT molecular complexity index is 571. The summed E-state index contributed by atoms with van der Waals surface area (Å²) < 4.78 is 18.2. The van der Waals surface area contributed by atoms with Crippen molar-refractivity contribution in [2.24, 2.45) is 5.73 Å². The molecule has 1 atom stereocenters. The number of methoxy groups -OCH3 is 1. The molecule has 0 bridgehead atoms. The molecule has 0 aliphatic rings. The number of nitrogens with two attached hydrogens (primary N) is 1. The van der Waals surface area contributed by atoms with Gasteiger partial charge in [-0.2, -0.15) is 0 Å². The average molecular weight is 288 g/mol. The number of anilines is 1. The number of ether oxygens (including phenoxy) is 1. The molecule has 4 heteroatoms. The highest BCUT2D eigenvalue weighted by Gasteiger charge is 2.12. The third-order valence-electron chi connectivity index (χ3n) is 3.51. The lowest BCUT2D eigenvalue weighted by molar-refractivity contribution is 0.414. The van der Waals surface area contributed by atoms with E-state index in [4.69, 9.17) is 10.5 Å². The lowest BCUT2D eigenvalue weighted by Crippen LogP contribution is -2.32. The number of hydrogen-bond acceptors (Lipinski definition) is 3. The van der Waals surface area contributed by atoms with Gasteiger partial charge in [-0.1, -0.05) is 12.1 Å². The van der Waals surface area contributed by atoms with Crippen molar-refractivity contribution in [2.45, 2.75) is 13.0 Å². The average Bonchev–Trinajstić information content (AvgIpc) is 2.53. The standard InChI is InChI=1S/C17H21FN2O/c1-3-20(15-9-7-14(18)8-10-15)12-17(19)13-5-4-6-16(11-13)21-2/h4-11,17H,3,12,19H2,1-2H3. The van der Waals surface area contributed by atoms with Crippen LogP contribution in [0.2, 0.25) is 0 Å². The maximum absolute atomic E-state index is 13.0. The Balaban J connectivity index is 2.11. The molecule has 0 fully saturated rings. The second kappa shape index (κ2) is 7.09. The largest absolute Gasteiger partial charge is 0.497 e. The molecule has 112 valence electrons. The Morgan fingerprint density at radius 3 is 2.52 bits per heavy atom. The number of hydrogen-bond donors (Lipinski definition) is 1. The van der Waals surface area contributed by atoms with Gasteiger partial charge < -0.3 is 15.4 Å². The van der Waals surface area contributed by atoms with Crippen LogP contribution in [0.4, 0.5) is 10.1 Å². The van der Waals surface area contributed by atoms with Crippen molar-refractivity contribution in [3.63, 3.8) is 0 Å². The summed E-state index contributed by atoms with van der Waals surface area (Å²) in [4.78, 5) is 2.13. The van der Waals surface area contributed by atoms with Crippen LogP contribution in [0.15, 0.2) is 48.5 Å². The molecule has 0 radical (unpaired) electrons. The van der Waals surface area contributed by atoms with Crippen LogP contribution in [0, 0.1) is 5.82 Å². The van der Waals surface area contributed by atoms with Crippen molar-refractivity contribution in [3.05, 3.63) is 59.9 Å². The van der Waals surface area contributed by atoms with Gasteiger partial charge in [0.2, 0.25) is 0 Å². The Hall–Kier alpha value is -2.07. The van der Waals surface area contributed by atoms with Crippen molar-refractivity contribution >= 4 is 5.69 Å². The van der Waals surface area contributed by atoms with E-state index in [1.165, 1.54) is 12.1 Å². The van der Waals surface area contributed by atoms with Crippen molar-refractivity contribution < 1.29 is 9.13 Å². The predicted molar refractivity (Wildman–Crippen MR) is 84.2 cm³/mol. The van der Waals surface area contributed by atoms with Gasteiger partial charge in [0.15, 0.2) is 0 Å². The molecule has 0 heterocycles. The van der Waals surface area contributed by atoms with Gasteiger partial charge in [-0.3, -0.25) is 0 Å². The number of nitrogens with zero attached hydrogens (tertiary/aromatic N) is 1. The molecule has 2 N–H and O–H groups in total. The molecule has 0 aliphatic carbocycles. The van der Waals surface area contributed by atoms with Crippen molar-refractivity contribution in [1.82, 2.24) is 0 Å². The highest BCUT2D eigenvalue weighted by Crippen LogP contribution is 2.21. The number of likely N-dealkylation sites (N-methyl/N-ethyl adjacent to an activating group) is 1. The third kappa shape index (κ3) is 3.95. The molecule has 0 spiro atoms. The zero-order valence-corrected chi connectivity index (χ0v) is 12.4. The predicted octanol–water partition coefficient (Wildman–Crippen LogP) is 3.36. The van der Waals surface area contributed by atoms with Crippen molar-refractivity contribution in [2.75, 3.05) is 25.1 Å². The summed E-state index contributed by atoms with van der Waals surface area (Å²) in [5.74, 6) is 0.569. The fourth-order valence-corrected chi connectivity index (χ4v) is 2.28. The molecule has 3 nitrogen and oxygen atoms in total. The molecule has 0 amide bonds. The summed E-state index contributed by atoms with van der Waals surface area (Å²) in [6.45, 7) is 3.53. The van der Waals surface area contributed by atoms with Crippen molar-refractivity contribution in [3.8, 4) is 5.75 Å². The second-order valence-corrected chi connectivity index (χ2v) is 4.90. The molecule has 0 saturated carbocycles. The van der Waals surface area contributed by atoms with E-state index in [9.17, 15) is 4.39 Å². The molecule has 2 aromatic rings. The van der Waals surface area contributed by atoms with Gasteiger partial charge in [-0.25, -0.2) is 4.39 Å². The molecule has 2 rings (SSSR count). The summed E-state index contributed by atoms with van der Waals surface area (Å²) >= 11 is 0. The SMILES string of the molecule is CCN(CC(N)c1cccc(OC)c1)c1ccc(F)cc1. The first-order valence-electron chi connectivity index (χ1n) is 7.04. The van der Waals surface area contributed by atoms with Crippen LogP contribution in [0.25, 0.3) is 0 Å². The third-order valence-corrected chi connectivity index (χ3v) is 3.51. The van der Waals surface area contributed by atoms with E-state index in [0.717, 1.165) is 23.5 Å². The zero-order valence-electron chi connectivity index (χ0n) is 12.4. The molecule has 0 aliphatic heterocycles. The quantitative estimate of drug-likeness (QED) is 0.886. The van der Waals surface area contributed by atoms with Gasteiger partial charge >= 0.3 is 0 Å². The maximum Gasteiger partial charge on any atom is 0.123 e. The minimum Gasteiger partial charge on any atom is -0.497 e. The minimum absolute atomic E-state index is 0.134. The van der Waals surface area contributed by atoms with Crippen LogP contribution < -0.4 is 15.4 Å². The molecule has 1 unspecified atom stereocenters. The van der Waals surface area contributed by atoms with Gasteiger partial charge in [-0.05, 0) is 48.9 Å². The summed E-state index contributed by atoms with van der Waals surface area (Å²) in [6.07, 6.45) is 0. The first-order chi connectivity index (χ1) is 10.1. The molecule has 0 aromatic heterocycles. The van der Waals surface area contributed by atoms with Crippen LogP contribution in [0.3, 0.4) is 0 Å². The minimum atomic E-state index is -0.230. The first-order valence-corrected chi connectivity index (χ1v) is 7.04. The maximum atomic E-state index is 13.0. The number of benzene rings is 2. The smallest absolute Gasteiger partial charge is 0.123 e. The van der Waals surface area contributed by atoms with E-state index in [1.807, 2.05) is 24.3 Å². The molecular formula is C17H21FN2O. The normalized spacial score (nSPS) is 12.0. The van der Waals surface area contributed by atoms with E-state index in [2.05, 4.69) is 11.8 Å². The zero-order chi connectivity index (χ0) is 15.2. The fourth-order valence-electron chi connectivity index (χ4n) is 2.28. The van der Waals surface area contributed by atoms with E-state index in [0.29, 0.717) is 6.54 Å². The summed E-state index contributed by atoms with van der Waals surface area (Å²) in [5.41, 5.74) is 8.28. The Kier molecular flexibility index (Phi) is 5.17. The highest BCUT2D eigenvalue weighted by molar-refractivity contribution is 5.46. The Labute approximate surface area is 125 Å². The summed E-state index contributed by atoms with van der Waals surface area (Å²) in [6, 6.07) is 14.1. The summed E-state index contributed by atoms with van der Waals surface area (Å²) in [7, 11) is 1.64. The van der Waals surface area contributed by atoms with E-state index < -0.39 is 0 Å². The van der Waals surface area contributed by atoms with Crippen LogP contribution in [-0.4, -0.2) is 20.2 Å². The highest BCUT2D eigenvalue weighted by atomic mass is 19.1. The topological polar surface area (TPSA) is 38.5 Å².